The lowest BCUT2D eigenvalue weighted by Crippen LogP contribution is -2.25. The van der Waals surface area contributed by atoms with Crippen molar-refractivity contribution in [3.8, 4) is 0 Å². The lowest BCUT2D eigenvalue weighted by molar-refractivity contribution is 0.308. The Bertz CT molecular complexity index is 431. The Kier molecular flexibility index (Phi) is 4.74. The summed E-state index contributed by atoms with van der Waals surface area (Å²) in [7, 11) is 0. The molecular weight excluding hydrogens is 266 g/mol. The van der Waals surface area contributed by atoms with E-state index in [0.717, 1.165) is 44.6 Å². The van der Waals surface area contributed by atoms with E-state index in [-0.39, 0.29) is 0 Å². The van der Waals surface area contributed by atoms with E-state index >= 15 is 0 Å². The molecule has 0 atom stereocenters. The number of nitrogens with zero attached hydrogens (tertiary/aromatic N) is 2. The summed E-state index contributed by atoms with van der Waals surface area (Å²) in [5.41, 5.74) is 1.43. The molecule has 1 N–H and O–H groups in total. The summed E-state index contributed by atoms with van der Waals surface area (Å²) in [6, 6.07) is 0.795. The summed E-state index contributed by atoms with van der Waals surface area (Å²) in [6.07, 6.45) is 6.57. The molecule has 0 amide bonds. The summed E-state index contributed by atoms with van der Waals surface area (Å²) < 4.78 is 0. The molecule has 112 valence electrons. The van der Waals surface area contributed by atoms with E-state index in [4.69, 9.17) is 4.98 Å². The third kappa shape index (κ3) is 3.80. The van der Waals surface area contributed by atoms with E-state index in [1.165, 1.54) is 41.3 Å². The van der Waals surface area contributed by atoms with Crippen LogP contribution in [0.2, 0.25) is 0 Å². The summed E-state index contributed by atoms with van der Waals surface area (Å²) in [5.74, 6) is 0.782. The second-order valence-corrected chi connectivity index (χ2v) is 7.29. The third-order valence-corrected chi connectivity index (χ3v) is 5.53. The maximum atomic E-state index is 4.96. The van der Waals surface area contributed by atoms with E-state index < -0.39 is 0 Å². The van der Waals surface area contributed by atoms with Gasteiger partial charge in [0.25, 0.3) is 0 Å². The van der Waals surface area contributed by atoms with Gasteiger partial charge in [-0.15, -0.1) is 11.3 Å². The Labute approximate surface area is 126 Å². The van der Waals surface area contributed by atoms with Crippen LogP contribution in [0.15, 0.2) is 0 Å². The van der Waals surface area contributed by atoms with Gasteiger partial charge in [-0.2, -0.15) is 0 Å². The molecule has 0 aliphatic heterocycles. The first kappa shape index (κ1) is 14.5. The highest BCUT2D eigenvalue weighted by molar-refractivity contribution is 7.11. The molecule has 1 aromatic heterocycles. The largest absolute Gasteiger partial charge is 0.309 e. The van der Waals surface area contributed by atoms with Gasteiger partial charge in [-0.25, -0.2) is 4.98 Å². The smallest absolute Gasteiger partial charge is 0.0944 e. The summed E-state index contributed by atoms with van der Waals surface area (Å²) in [5, 5.41) is 5.01. The molecule has 0 bridgehead atoms. The number of hydrogen-bond acceptors (Lipinski definition) is 4. The first-order valence-corrected chi connectivity index (χ1v) is 9.06. The molecule has 1 aromatic rings. The van der Waals surface area contributed by atoms with Crippen LogP contribution in [-0.2, 0) is 13.0 Å². The minimum Gasteiger partial charge on any atom is -0.309 e. The van der Waals surface area contributed by atoms with Crippen LogP contribution >= 0.6 is 11.3 Å². The molecule has 2 aliphatic carbocycles. The lowest BCUT2D eigenvalue weighted by Gasteiger charge is -2.16. The topological polar surface area (TPSA) is 28.2 Å². The molecular formula is C16H27N3S. The van der Waals surface area contributed by atoms with Gasteiger partial charge in [0.15, 0.2) is 0 Å². The SMILES string of the molecule is CCN(CC)CCc1nc(C2CC2)c(CNC2CC2)s1. The minimum atomic E-state index is 0.782. The van der Waals surface area contributed by atoms with Gasteiger partial charge < -0.3 is 10.2 Å². The van der Waals surface area contributed by atoms with Gasteiger partial charge in [-0.05, 0) is 38.8 Å². The number of hydrogen-bond donors (Lipinski definition) is 1. The fraction of sp³-hybridized carbons (Fsp3) is 0.812. The maximum Gasteiger partial charge on any atom is 0.0944 e. The number of rotatable bonds is 9. The third-order valence-electron chi connectivity index (χ3n) is 4.40. The van der Waals surface area contributed by atoms with Crippen molar-refractivity contribution in [1.29, 1.82) is 0 Å². The number of aromatic nitrogens is 1. The summed E-state index contributed by atoms with van der Waals surface area (Å²) >= 11 is 1.96. The van der Waals surface area contributed by atoms with Crippen LogP contribution in [0.4, 0.5) is 0 Å². The average molecular weight is 293 g/mol. The van der Waals surface area contributed by atoms with Crippen LogP contribution in [-0.4, -0.2) is 35.6 Å². The van der Waals surface area contributed by atoms with Crippen molar-refractivity contribution < 1.29 is 0 Å². The van der Waals surface area contributed by atoms with Gasteiger partial charge in [0, 0.05) is 36.3 Å². The molecule has 4 heteroatoms. The minimum absolute atomic E-state index is 0.782. The van der Waals surface area contributed by atoms with E-state index in [0.29, 0.717) is 0 Å². The fourth-order valence-electron chi connectivity index (χ4n) is 2.64. The Morgan fingerprint density at radius 2 is 1.95 bits per heavy atom. The molecule has 0 radical (unpaired) electrons. The molecule has 0 spiro atoms. The normalized spacial score (nSPS) is 18.9. The van der Waals surface area contributed by atoms with Crippen LogP contribution in [0.1, 0.15) is 61.0 Å². The number of thiazole rings is 1. The molecule has 0 unspecified atom stereocenters. The zero-order valence-corrected chi connectivity index (χ0v) is 13.6. The van der Waals surface area contributed by atoms with Crippen LogP contribution in [0, 0.1) is 0 Å². The first-order valence-electron chi connectivity index (χ1n) is 8.24. The van der Waals surface area contributed by atoms with Gasteiger partial charge in [-0.3, -0.25) is 0 Å². The highest BCUT2D eigenvalue weighted by Gasteiger charge is 2.30. The Morgan fingerprint density at radius 3 is 2.55 bits per heavy atom. The predicted octanol–water partition coefficient (Wildman–Crippen LogP) is 3.16. The van der Waals surface area contributed by atoms with Crippen molar-refractivity contribution >= 4 is 11.3 Å². The van der Waals surface area contributed by atoms with Gasteiger partial charge in [0.05, 0.1) is 10.7 Å². The van der Waals surface area contributed by atoms with Crippen LogP contribution in [0.5, 0.6) is 0 Å². The van der Waals surface area contributed by atoms with E-state index in [9.17, 15) is 0 Å². The predicted molar refractivity (Wildman–Crippen MR) is 85.4 cm³/mol. The van der Waals surface area contributed by atoms with E-state index in [1.807, 2.05) is 11.3 Å². The van der Waals surface area contributed by atoms with E-state index in [1.54, 1.807) is 0 Å². The zero-order valence-electron chi connectivity index (χ0n) is 12.8. The molecule has 1 heterocycles. The highest BCUT2D eigenvalue weighted by atomic mass is 32.1. The summed E-state index contributed by atoms with van der Waals surface area (Å²) in [4.78, 5) is 8.97. The maximum absolute atomic E-state index is 4.96. The van der Waals surface area contributed by atoms with Crippen LogP contribution in [0.3, 0.4) is 0 Å². The number of nitrogens with one attached hydrogen (secondary N) is 1. The van der Waals surface area contributed by atoms with E-state index in [2.05, 4.69) is 24.1 Å². The van der Waals surface area contributed by atoms with Crippen molar-refractivity contribution in [2.45, 2.75) is 64.5 Å². The fourth-order valence-corrected chi connectivity index (χ4v) is 3.74. The lowest BCUT2D eigenvalue weighted by atomic mass is 10.2. The quantitative estimate of drug-likeness (QED) is 0.758. The zero-order chi connectivity index (χ0) is 13.9. The van der Waals surface area contributed by atoms with Gasteiger partial charge in [0.1, 0.15) is 0 Å². The Hall–Kier alpha value is -0.450. The Morgan fingerprint density at radius 1 is 1.20 bits per heavy atom. The Balaban J connectivity index is 1.60. The molecule has 2 fully saturated rings. The number of likely N-dealkylation sites (N-methyl/N-ethyl adjacent to an activating group) is 1. The monoisotopic (exact) mass is 293 g/mol. The average Bonchev–Trinajstić information content (AvgIpc) is 3.37. The van der Waals surface area contributed by atoms with Gasteiger partial charge >= 0.3 is 0 Å². The van der Waals surface area contributed by atoms with Crippen molar-refractivity contribution in [1.82, 2.24) is 15.2 Å². The second kappa shape index (κ2) is 6.54. The van der Waals surface area contributed by atoms with Crippen molar-refractivity contribution in [2.24, 2.45) is 0 Å². The van der Waals surface area contributed by atoms with Crippen molar-refractivity contribution in [3.05, 3.63) is 15.6 Å². The van der Waals surface area contributed by atoms with Gasteiger partial charge in [-0.1, -0.05) is 13.8 Å². The molecule has 2 saturated carbocycles. The molecule has 20 heavy (non-hydrogen) atoms. The molecule has 0 aromatic carbocycles. The second-order valence-electron chi connectivity index (χ2n) is 6.12. The van der Waals surface area contributed by atoms with Crippen LogP contribution in [0.25, 0.3) is 0 Å². The first-order chi connectivity index (χ1) is 9.80. The standard InChI is InChI=1S/C16H27N3S/c1-3-19(4-2)10-9-15-18-16(12-5-6-12)14(20-15)11-17-13-7-8-13/h12-13,17H,3-11H2,1-2H3. The van der Waals surface area contributed by atoms with Crippen LogP contribution < -0.4 is 5.32 Å². The molecule has 0 saturated heterocycles. The highest BCUT2D eigenvalue weighted by Crippen LogP contribution is 2.42. The van der Waals surface area contributed by atoms with Crippen molar-refractivity contribution in [3.63, 3.8) is 0 Å². The van der Waals surface area contributed by atoms with Gasteiger partial charge in [0.2, 0.25) is 0 Å². The summed E-state index contributed by atoms with van der Waals surface area (Å²) in [6.45, 7) is 8.98. The molecule has 3 rings (SSSR count). The molecule has 3 nitrogen and oxygen atoms in total. The van der Waals surface area contributed by atoms with Crippen molar-refractivity contribution in [2.75, 3.05) is 19.6 Å². The molecule has 2 aliphatic rings.